The molecule has 3 aromatic rings. The topological polar surface area (TPSA) is 59.7 Å². The lowest BCUT2D eigenvalue weighted by molar-refractivity contribution is 0.340. The molecule has 7 heteroatoms. The van der Waals surface area contributed by atoms with Crippen molar-refractivity contribution in [2.24, 2.45) is 5.10 Å². The minimum Gasteiger partial charge on any atom is -0.493 e. The summed E-state index contributed by atoms with van der Waals surface area (Å²) in [5.41, 5.74) is 2.36. The highest BCUT2D eigenvalue weighted by Gasteiger charge is 2.11. The third-order valence-electron chi connectivity index (χ3n) is 4.75. The number of fused-ring (bicyclic) bond motifs is 1. The molecule has 1 heterocycles. The molecule has 6 nitrogen and oxygen atoms in total. The van der Waals surface area contributed by atoms with Crippen LogP contribution in [0.25, 0.3) is 10.9 Å². The van der Waals surface area contributed by atoms with E-state index in [4.69, 9.17) is 9.72 Å². The van der Waals surface area contributed by atoms with Crippen LogP contribution in [0.5, 0.6) is 5.75 Å². The molecular formula is C23H27BrN4O2. The van der Waals surface area contributed by atoms with E-state index in [0.29, 0.717) is 29.8 Å². The van der Waals surface area contributed by atoms with E-state index in [1.165, 1.54) is 4.68 Å². The number of benzene rings is 2. The van der Waals surface area contributed by atoms with Gasteiger partial charge in [0.15, 0.2) is 0 Å². The van der Waals surface area contributed by atoms with Gasteiger partial charge >= 0.3 is 0 Å². The summed E-state index contributed by atoms with van der Waals surface area (Å²) in [6, 6.07) is 11.5. The molecule has 0 fully saturated rings. The lowest BCUT2D eigenvalue weighted by Crippen LogP contribution is -2.22. The molecule has 0 amide bonds. The number of hydrogen-bond acceptors (Lipinski definition) is 5. The van der Waals surface area contributed by atoms with E-state index < -0.39 is 0 Å². The highest BCUT2D eigenvalue weighted by atomic mass is 79.9. The summed E-state index contributed by atoms with van der Waals surface area (Å²) in [6.07, 6.45) is 4.31. The van der Waals surface area contributed by atoms with Crippen molar-refractivity contribution in [1.82, 2.24) is 9.66 Å². The third kappa shape index (κ3) is 4.90. The fourth-order valence-corrected chi connectivity index (χ4v) is 3.48. The van der Waals surface area contributed by atoms with Crippen molar-refractivity contribution in [3.63, 3.8) is 0 Å². The normalized spacial score (nSPS) is 11.4. The van der Waals surface area contributed by atoms with Crippen LogP contribution in [0.3, 0.4) is 0 Å². The zero-order chi connectivity index (χ0) is 21.7. The van der Waals surface area contributed by atoms with Crippen LogP contribution in [0.2, 0.25) is 0 Å². The average Bonchev–Trinajstić information content (AvgIpc) is 2.73. The van der Waals surface area contributed by atoms with Gasteiger partial charge in [-0.25, -0.2) is 4.98 Å². The van der Waals surface area contributed by atoms with E-state index in [0.717, 1.165) is 34.3 Å². The molecule has 0 aliphatic rings. The summed E-state index contributed by atoms with van der Waals surface area (Å²) in [4.78, 5) is 19.9. The van der Waals surface area contributed by atoms with Gasteiger partial charge in [0.25, 0.3) is 5.56 Å². The van der Waals surface area contributed by atoms with Gasteiger partial charge in [0.2, 0.25) is 0 Å². The Morgan fingerprint density at radius 2 is 2.00 bits per heavy atom. The molecular weight excluding hydrogens is 444 g/mol. The Balaban J connectivity index is 2.10. The number of ether oxygens (including phenoxy) is 1. The van der Waals surface area contributed by atoms with E-state index in [9.17, 15) is 4.79 Å². The predicted octanol–water partition coefficient (Wildman–Crippen LogP) is 4.85. The summed E-state index contributed by atoms with van der Waals surface area (Å²) in [7, 11) is 3.97. The van der Waals surface area contributed by atoms with E-state index in [1.807, 2.05) is 56.3 Å². The first kappa shape index (κ1) is 22.0. The second kappa shape index (κ2) is 9.89. The Bertz CT molecular complexity index is 1120. The molecule has 0 saturated heterocycles. The lowest BCUT2D eigenvalue weighted by atomic mass is 10.2. The molecule has 0 bridgehead atoms. The molecule has 0 radical (unpaired) electrons. The standard InChI is InChI=1S/C23H27BrN4O2/c1-5-7-8-22-26-20-12-10-17(24)13-19(20)23(29)28(22)25-15-16-9-11-18(27(3)4)14-21(16)30-6-2/h9-15H,5-8H2,1-4H3. The van der Waals surface area contributed by atoms with Crippen LogP contribution in [-0.2, 0) is 6.42 Å². The molecule has 158 valence electrons. The van der Waals surface area contributed by atoms with Crippen LogP contribution in [0.4, 0.5) is 5.69 Å². The number of aryl methyl sites for hydroxylation is 1. The number of hydrogen-bond donors (Lipinski definition) is 0. The number of rotatable bonds is 8. The predicted molar refractivity (Wildman–Crippen MR) is 127 cm³/mol. The molecule has 0 saturated carbocycles. The minimum absolute atomic E-state index is 0.175. The van der Waals surface area contributed by atoms with Crippen molar-refractivity contribution in [3.05, 3.63) is 62.6 Å². The van der Waals surface area contributed by atoms with Crippen molar-refractivity contribution < 1.29 is 4.74 Å². The summed E-state index contributed by atoms with van der Waals surface area (Å²) >= 11 is 3.44. The van der Waals surface area contributed by atoms with Crippen LogP contribution in [0.1, 0.15) is 38.1 Å². The lowest BCUT2D eigenvalue weighted by Gasteiger charge is -2.15. The molecule has 0 atom stereocenters. The quantitative estimate of drug-likeness (QED) is 0.441. The maximum absolute atomic E-state index is 13.2. The largest absolute Gasteiger partial charge is 0.493 e. The van der Waals surface area contributed by atoms with Gasteiger partial charge in [-0.05, 0) is 43.7 Å². The van der Waals surface area contributed by atoms with Crippen LogP contribution < -0.4 is 15.2 Å². The first-order chi connectivity index (χ1) is 14.4. The van der Waals surface area contributed by atoms with Gasteiger partial charge in [0, 0.05) is 42.3 Å². The number of halogens is 1. The van der Waals surface area contributed by atoms with Crippen LogP contribution in [-0.4, -0.2) is 36.6 Å². The fourth-order valence-electron chi connectivity index (χ4n) is 3.12. The Kier molecular flexibility index (Phi) is 7.26. The van der Waals surface area contributed by atoms with E-state index in [2.05, 4.69) is 28.0 Å². The molecule has 0 N–H and O–H groups in total. The first-order valence-electron chi connectivity index (χ1n) is 10.1. The molecule has 0 aliphatic carbocycles. The van der Waals surface area contributed by atoms with Gasteiger partial charge in [-0.3, -0.25) is 4.79 Å². The molecule has 2 aromatic carbocycles. The number of unbranched alkanes of at least 4 members (excludes halogenated alkanes) is 1. The van der Waals surface area contributed by atoms with Crippen molar-refractivity contribution in [1.29, 1.82) is 0 Å². The molecule has 0 aliphatic heterocycles. The van der Waals surface area contributed by atoms with Crippen LogP contribution in [0.15, 0.2) is 50.8 Å². The SMILES string of the molecule is CCCCc1nc2ccc(Br)cc2c(=O)n1N=Cc1ccc(N(C)C)cc1OCC. The van der Waals surface area contributed by atoms with Gasteiger partial charge in [-0.15, -0.1) is 0 Å². The van der Waals surface area contributed by atoms with Crippen LogP contribution in [0, 0.1) is 0 Å². The van der Waals surface area contributed by atoms with Gasteiger partial charge in [0.1, 0.15) is 11.6 Å². The summed E-state index contributed by atoms with van der Waals surface area (Å²) in [5.74, 6) is 1.39. The zero-order valence-electron chi connectivity index (χ0n) is 17.9. The minimum atomic E-state index is -0.175. The highest BCUT2D eigenvalue weighted by Crippen LogP contribution is 2.24. The van der Waals surface area contributed by atoms with Gasteiger partial charge < -0.3 is 9.64 Å². The maximum Gasteiger partial charge on any atom is 0.282 e. The third-order valence-corrected chi connectivity index (χ3v) is 5.25. The van der Waals surface area contributed by atoms with Crippen LogP contribution >= 0.6 is 15.9 Å². The number of aromatic nitrogens is 2. The van der Waals surface area contributed by atoms with E-state index in [-0.39, 0.29) is 5.56 Å². The number of nitrogens with zero attached hydrogens (tertiary/aromatic N) is 4. The highest BCUT2D eigenvalue weighted by molar-refractivity contribution is 9.10. The molecule has 3 rings (SSSR count). The van der Waals surface area contributed by atoms with Gasteiger partial charge in [0.05, 0.1) is 23.7 Å². The first-order valence-corrected chi connectivity index (χ1v) is 10.9. The fraction of sp³-hybridized carbons (Fsp3) is 0.348. The summed E-state index contributed by atoms with van der Waals surface area (Å²) in [6.45, 7) is 4.61. The van der Waals surface area contributed by atoms with Crippen molar-refractivity contribution in [2.45, 2.75) is 33.1 Å². The summed E-state index contributed by atoms with van der Waals surface area (Å²) < 4.78 is 8.05. The summed E-state index contributed by atoms with van der Waals surface area (Å²) in [5, 5.41) is 5.07. The molecule has 1 aromatic heterocycles. The average molecular weight is 471 g/mol. The molecule has 0 unspecified atom stereocenters. The van der Waals surface area contributed by atoms with Crippen molar-refractivity contribution in [2.75, 3.05) is 25.6 Å². The maximum atomic E-state index is 13.2. The Hall–Kier alpha value is -2.67. The molecule has 0 spiro atoms. The number of anilines is 1. The smallest absolute Gasteiger partial charge is 0.282 e. The van der Waals surface area contributed by atoms with E-state index in [1.54, 1.807) is 12.3 Å². The Morgan fingerprint density at radius 1 is 1.20 bits per heavy atom. The van der Waals surface area contributed by atoms with Crippen molar-refractivity contribution in [3.8, 4) is 5.75 Å². The second-order valence-corrected chi connectivity index (χ2v) is 8.12. The second-order valence-electron chi connectivity index (χ2n) is 7.20. The molecule has 30 heavy (non-hydrogen) atoms. The Labute approximate surface area is 185 Å². The zero-order valence-corrected chi connectivity index (χ0v) is 19.4. The van der Waals surface area contributed by atoms with Gasteiger partial charge in [-0.2, -0.15) is 9.78 Å². The van der Waals surface area contributed by atoms with E-state index >= 15 is 0 Å². The van der Waals surface area contributed by atoms with Crippen molar-refractivity contribution >= 4 is 38.7 Å². The Morgan fingerprint density at radius 3 is 2.70 bits per heavy atom. The van der Waals surface area contributed by atoms with Gasteiger partial charge in [-0.1, -0.05) is 29.3 Å². The monoisotopic (exact) mass is 470 g/mol.